The maximum absolute atomic E-state index is 5.14. The Kier molecular flexibility index (Phi) is 3.36. The molecule has 1 aliphatic rings. The highest BCUT2D eigenvalue weighted by Crippen LogP contribution is 2.15. The molecular formula is C13H16O. The summed E-state index contributed by atoms with van der Waals surface area (Å²) < 4.78 is 5.14. The quantitative estimate of drug-likeness (QED) is 0.511. The third-order valence-corrected chi connectivity index (χ3v) is 2.42. The van der Waals surface area contributed by atoms with Gasteiger partial charge in [-0.3, -0.25) is 0 Å². The fraction of sp³-hybridized carbons (Fsp3) is 0.385. The van der Waals surface area contributed by atoms with Gasteiger partial charge < -0.3 is 4.74 Å². The van der Waals surface area contributed by atoms with Gasteiger partial charge in [0.15, 0.2) is 0 Å². The van der Waals surface area contributed by atoms with E-state index in [1.807, 2.05) is 0 Å². The zero-order valence-corrected chi connectivity index (χ0v) is 8.36. The number of epoxide rings is 1. The van der Waals surface area contributed by atoms with Crippen molar-refractivity contribution in [2.24, 2.45) is 0 Å². The van der Waals surface area contributed by atoms with Crippen molar-refractivity contribution in [2.45, 2.75) is 25.4 Å². The number of benzene rings is 1. The Labute approximate surface area is 85.4 Å². The number of rotatable bonds is 5. The molecule has 14 heavy (non-hydrogen) atoms. The Morgan fingerprint density at radius 2 is 2.00 bits per heavy atom. The minimum atomic E-state index is 0.566. The van der Waals surface area contributed by atoms with Gasteiger partial charge in [-0.25, -0.2) is 0 Å². The molecule has 0 N–H and O–H groups in total. The normalized spacial score (nSPS) is 20.1. The first kappa shape index (κ1) is 9.47. The molecule has 1 fully saturated rings. The predicted molar refractivity (Wildman–Crippen MR) is 58.3 cm³/mol. The molecule has 1 saturated heterocycles. The highest BCUT2D eigenvalue weighted by Gasteiger charge is 2.20. The van der Waals surface area contributed by atoms with Crippen LogP contribution in [0.2, 0.25) is 0 Å². The second kappa shape index (κ2) is 4.97. The summed E-state index contributed by atoms with van der Waals surface area (Å²) in [6.07, 6.45) is 8.46. The maximum atomic E-state index is 5.14. The van der Waals surface area contributed by atoms with E-state index < -0.39 is 0 Å². The van der Waals surface area contributed by atoms with Crippen molar-refractivity contribution in [3.05, 3.63) is 48.0 Å². The summed E-state index contributed by atoms with van der Waals surface area (Å²) in [5.74, 6) is 0. The number of hydrogen-bond acceptors (Lipinski definition) is 1. The van der Waals surface area contributed by atoms with Gasteiger partial charge in [0.05, 0.1) is 12.7 Å². The molecule has 74 valence electrons. The molecule has 1 aliphatic heterocycles. The van der Waals surface area contributed by atoms with Gasteiger partial charge in [0.1, 0.15) is 0 Å². The molecule has 0 spiro atoms. The Balaban J connectivity index is 1.65. The van der Waals surface area contributed by atoms with Crippen LogP contribution in [-0.2, 0) is 11.2 Å². The molecular weight excluding hydrogens is 172 g/mol. The van der Waals surface area contributed by atoms with Crippen molar-refractivity contribution in [1.82, 2.24) is 0 Å². The molecule has 1 heteroatoms. The Hall–Kier alpha value is -1.08. The van der Waals surface area contributed by atoms with E-state index in [4.69, 9.17) is 4.74 Å². The van der Waals surface area contributed by atoms with Crippen molar-refractivity contribution >= 4 is 0 Å². The standard InChI is InChI=1S/C13H16O/c1-3-7-12(8-4-1)9-5-2-6-10-13-11-14-13/h1-5,7-8,13H,6,9-11H2/b5-2+/t13-/m0/s1. The van der Waals surface area contributed by atoms with E-state index in [9.17, 15) is 0 Å². The lowest BCUT2D eigenvalue weighted by molar-refractivity contribution is 0.398. The third kappa shape index (κ3) is 3.35. The molecule has 1 aromatic rings. The van der Waals surface area contributed by atoms with Gasteiger partial charge in [0.25, 0.3) is 0 Å². The fourth-order valence-electron chi connectivity index (χ4n) is 1.47. The molecule has 0 bridgehead atoms. The summed E-state index contributed by atoms with van der Waals surface area (Å²) in [5, 5.41) is 0. The lowest BCUT2D eigenvalue weighted by Crippen LogP contribution is -1.82. The number of ether oxygens (including phenoxy) is 1. The van der Waals surface area contributed by atoms with Crippen LogP contribution in [0.15, 0.2) is 42.5 Å². The highest BCUT2D eigenvalue weighted by molar-refractivity contribution is 5.17. The van der Waals surface area contributed by atoms with Crippen LogP contribution < -0.4 is 0 Å². The topological polar surface area (TPSA) is 12.5 Å². The van der Waals surface area contributed by atoms with Crippen LogP contribution in [0.1, 0.15) is 18.4 Å². The molecule has 1 heterocycles. The fourth-order valence-corrected chi connectivity index (χ4v) is 1.47. The summed E-state index contributed by atoms with van der Waals surface area (Å²) in [4.78, 5) is 0. The molecule has 0 aromatic heterocycles. The van der Waals surface area contributed by atoms with E-state index >= 15 is 0 Å². The molecule has 0 amide bonds. The minimum Gasteiger partial charge on any atom is -0.373 e. The molecule has 1 atom stereocenters. The van der Waals surface area contributed by atoms with Crippen LogP contribution in [0, 0.1) is 0 Å². The van der Waals surface area contributed by atoms with E-state index in [2.05, 4.69) is 42.5 Å². The second-order valence-corrected chi connectivity index (χ2v) is 3.69. The average molecular weight is 188 g/mol. The summed E-state index contributed by atoms with van der Waals surface area (Å²) in [6.45, 7) is 0.979. The minimum absolute atomic E-state index is 0.566. The van der Waals surface area contributed by atoms with Gasteiger partial charge in [-0.05, 0) is 24.8 Å². The second-order valence-electron chi connectivity index (χ2n) is 3.69. The molecule has 2 rings (SSSR count). The van der Waals surface area contributed by atoms with Gasteiger partial charge in [-0.15, -0.1) is 0 Å². The van der Waals surface area contributed by atoms with Crippen molar-refractivity contribution in [2.75, 3.05) is 6.61 Å². The van der Waals surface area contributed by atoms with Gasteiger partial charge in [0, 0.05) is 0 Å². The molecule has 0 radical (unpaired) electrons. The van der Waals surface area contributed by atoms with Gasteiger partial charge in [-0.1, -0.05) is 42.5 Å². The number of hydrogen-bond donors (Lipinski definition) is 0. The van der Waals surface area contributed by atoms with Crippen LogP contribution in [-0.4, -0.2) is 12.7 Å². The third-order valence-electron chi connectivity index (χ3n) is 2.42. The van der Waals surface area contributed by atoms with Crippen molar-refractivity contribution in [3.63, 3.8) is 0 Å². The van der Waals surface area contributed by atoms with Crippen LogP contribution >= 0.6 is 0 Å². The number of allylic oxidation sites excluding steroid dienone is 2. The average Bonchev–Trinajstić information content (AvgIpc) is 3.03. The van der Waals surface area contributed by atoms with Crippen LogP contribution in [0.25, 0.3) is 0 Å². The highest BCUT2D eigenvalue weighted by atomic mass is 16.6. The smallest absolute Gasteiger partial charge is 0.0812 e. The summed E-state index contributed by atoms with van der Waals surface area (Å²) in [7, 11) is 0. The van der Waals surface area contributed by atoms with E-state index in [0.29, 0.717) is 6.10 Å². The first-order valence-corrected chi connectivity index (χ1v) is 5.25. The van der Waals surface area contributed by atoms with Crippen molar-refractivity contribution in [1.29, 1.82) is 0 Å². The summed E-state index contributed by atoms with van der Waals surface area (Å²) >= 11 is 0. The maximum Gasteiger partial charge on any atom is 0.0812 e. The SMILES string of the molecule is C(=C\Cc1ccccc1)/CC[C@H]1CO1. The Morgan fingerprint density at radius 3 is 2.71 bits per heavy atom. The lowest BCUT2D eigenvalue weighted by Gasteiger charge is -1.94. The molecule has 0 saturated carbocycles. The van der Waals surface area contributed by atoms with Crippen LogP contribution in [0.5, 0.6) is 0 Å². The summed E-state index contributed by atoms with van der Waals surface area (Å²) in [6, 6.07) is 10.5. The van der Waals surface area contributed by atoms with Gasteiger partial charge in [0.2, 0.25) is 0 Å². The largest absolute Gasteiger partial charge is 0.373 e. The van der Waals surface area contributed by atoms with E-state index in [0.717, 1.165) is 19.4 Å². The Bertz CT molecular complexity index is 285. The molecule has 1 aromatic carbocycles. The zero-order chi connectivity index (χ0) is 9.64. The van der Waals surface area contributed by atoms with Crippen molar-refractivity contribution < 1.29 is 4.74 Å². The first-order chi connectivity index (χ1) is 6.95. The molecule has 1 nitrogen and oxygen atoms in total. The van der Waals surface area contributed by atoms with E-state index in [-0.39, 0.29) is 0 Å². The van der Waals surface area contributed by atoms with E-state index in [1.54, 1.807) is 0 Å². The molecule has 0 unspecified atom stereocenters. The first-order valence-electron chi connectivity index (χ1n) is 5.25. The summed E-state index contributed by atoms with van der Waals surface area (Å²) in [5.41, 5.74) is 1.38. The van der Waals surface area contributed by atoms with E-state index in [1.165, 1.54) is 12.0 Å². The van der Waals surface area contributed by atoms with Crippen LogP contribution in [0.4, 0.5) is 0 Å². The monoisotopic (exact) mass is 188 g/mol. The zero-order valence-electron chi connectivity index (χ0n) is 8.36. The molecule has 0 aliphatic carbocycles. The van der Waals surface area contributed by atoms with Gasteiger partial charge >= 0.3 is 0 Å². The van der Waals surface area contributed by atoms with Crippen LogP contribution in [0.3, 0.4) is 0 Å². The van der Waals surface area contributed by atoms with Crippen molar-refractivity contribution in [3.8, 4) is 0 Å². The van der Waals surface area contributed by atoms with Gasteiger partial charge in [-0.2, -0.15) is 0 Å². The Morgan fingerprint density at radius 1 is 1.21 bits per heavy atom. The predicted octanol–water partition coefficient (Wildman–Crippen LogP) is 2.96. The lowest BCUT2D eigenvalue weighted by atomic mass is 10.1.